The van der Waals surface area contributed by atoms with Gasteiger partial charge in [-0.2, -0.15) is 0 Å². The zero-order valence-electron chi connectivity index (χ0n) is 49.5. The molecule has 0 aliphatic carbocycles. The molecule has 3 fully saturated rings. The van der Waals surface area contributed by atoms with Crippen molar-refractivity contribution in [1.82, 2.24) is 73.6 Å². The average molecular weight is 1240 g/mol. The van der Waals surface area contributed by atoms with E-state index in [1.54, 1.807) is 0 Å². The summed E-state index contributed by atoms with van der Waals surface area (Å²) in [6.45, 7) is 0.190. The van der Waals surface area contributed by atoms with Crippen molar-refractivity contribution in [2.75, 3.05) is 58.9 Å². The van der Waals surface area contributed by atoms with Gasteiger partial charge in [0, 0.05) is 39.3 Å². The number of nitrogens with zero attached hydrogens (tertiary/aromatic N) is 2. The number of rotatable bonds is 28. The van der Waals surface area contributed by atoms with Gasteiger partial charge in [0.2, 0.25) is 84.2 Å². The van der Waals surface area contributed by atoms with Crippen molar-refractivity contribution in [3.05, 3.63) is 0 Å². The third kappa shape index (κ3) is 26.5. The van der Waals surface area contributed by atoms with E-state index in [1.807, 2.05) is 0 Å². The van der Waals surface area contributed by atoms with Crippen LogP contribution in [0.1, 0.15) is 129 Å². The van der Waals surface area contributed by atoms with Crippen molar-refractivity contribution >= 4 is 108 Å². The maximum absolute atomic E-state index is 14.6. The van der Waals surface area contributed by atoms with E-state index in [1.165, 1.54) is 16.7 Å². The number of fused-ring (bicyclic) bond motifs is 2. The average Bonchev–Trinajstić information content (AvgIpc) is 3.93. The summed E-state index contributed by atoms with van der Waals surface area (Å²) in [7, 11) is 0. The van der Waals surface area contributed by atoms with Crippen LogP contribution < -0.4 is 69.5 Å². The second-order valence-electron chi connectivity index (χ2n) is 21.4. The molecule has 3 rings (SSSR count). The molecule has 88 heavy (non-hydrogen) atoms. The number of carbonyl (C=O) groups excluding carboxylic acids is 18. The van der Waals surface area contributed by atoms with Gasteiger partial charge in [-0.3, -0.25) is 86.3 Å². The predicted octanol–water partition coefficient (Wildman–Crippen LogP) is -6.79. The lowest BCUT2D eigenvalue weighted by Crippen LogP contribution is -2.59. The molecule has 3 heterocycles. The first kappa shape index (κ1) is 73.5. The molecule has 488 valence electrons. The number of hydrogen-bond donors (Lipinski definition) is 13. The molecule has 0 aromatic carbocycles. The Balaban J connectivity index is 2.08. The Bertz CT molecular complexity index is 2500. The van der Waals surface area contributed by atoms with E-state index in [4.69, 9.17) is 5.73 Å². The minimum absolute atomic E-state index is 0.0152. The summed E-state index contributed by atoms with van der Waals surface area (Å²) in [5.41, 5.74) is 5.78. The molecule has 0 aromatic rings. The first-order valence-electron chi connectivity index (χ1n) is 29.8. The highest BCUT2D eigenvalue weighted by molar-refractivity contribution is 6.24. The molecule has 3 aliphatic rings. The number of nitrogens with one attached hydrogen (secondary N) is 12. The maximum Gasteiger partial charge on any atom is 0.284 e. The molecule has 0 aromatic heterocycles. The summed E-state index contributed by atoms with van der Waals surface area (Å²) in [5, 5.41) is 30.1. The SMILES string of the molecule is C[C@@H]1NC(=O)[C@H](CCCCNC(=O)C=O)NC(=O)CNC(=O)[C@@H]2CCCN2C(=O)[C@H](CCCCNC(=O)C=O)NC(=O)[C@H](CCCCN)NC(=O)[C@H](CCCCNC(=O)C=O)NC(=O)CNC(=O)[C@@H]2CCCN2C(=O)[C@H](CCCCNC(=O)C=O)NC1=O. The Morgan fingerprint density at radius 1 is 0.420 bits per heavy atom. The van der Waals surface area contributed by atoms with Crippen LogP contribution >= 0.6 is 0 Å². The fourth-order valence-electron chi connectivity index (χ4n) is 10.0. The Kier molecular flexibility index (Phi) is 33.9. The van der Waals surface area contributed by atoms with Crippen molar-refractivity contribution in [3.63, 3.8) is 0 Å². The van der Waals surface area contributed by atoms with Gasteiger partial charge in [-0.1, -0.05) is 0 Å². The van der Waals surface area contributed by atoms with Gasteiger partial charge in [-0.25, -0.2) is 0 Å². The summed E-state index contributed by atoms with van der Waals surface area (Å²) in [4.78, 5) is 233. The van der Waals surface area contributed by atoms with Crippen LogP contribution in [-0.2, 0) is 86.3 Å². The smallest absolute Gasteiger partial charge is 0.284 e. The molecule has 3 aliphatic heterocycles. The number of nitrogens with two attached hydrogens (primary N) is 1. The highest BCUT2D eigenvalue weighted by Gasteiger charge is 2.41. The van der Waals surface area contributed by atoms with Crippen LogP contribution in [-0.4, -0.2) is 225 Å². The summed E-state index contributed by atoms with van der Waals surface area (Å²) in [6, 6.07) is -10.6. The zero-order valence-corrected chi connectivity index (χ0v) is 49.5. The lowest BCUT2D eigenvalue weighted by molar-refractivity contribution is -0.142. The predicted molar refractivity (Wildman–Crippen MR) is 307 cm³/mol. The van der Waals surface area contributed by atoms with Crippen molar-refractivity contribution in [2.45, 2.75) is 177 Å². The van der Waals surface area contributed by atoms with Crippen LogP contribution in [0.4, 0.5) is 0 Å². The van der Waals surface area contributed by atoms with Crippen molar-refractivity contribution in [1.29, 1.82) is 0 Å². The number of amides is 14. The minimum Gasteiger partial charge on any atom is -0.350 e. The van der Waals surface area contributed by atoms with Crippen molar-refractivity contribution in [2.24, 2.45) is 5.73 Å². The van der Waals surface area contributed by atoms with E-state index < -0.39 is 144 Å². The lowest BCUT2D eigenvalue weighted by Gasteiger charge is -2.30. The second kappa shape index (κ2) is 40.6. The maximum atomic E-state index is 14.6. The van der Waals surface area contributed by atoms with Gasteiger partial charge in [0.05, 0.1) is 13.1 Å². The van der Waals surface area contributed by atoms with Crippen LogP contribution in [0.3, 0.4) is 0 Å². The molecule has 33 nitrogen and oxygen atoms in total. The molecule has 0 spiro atoms. The third-order valence-electron chi connectivity index (χ3n) is 14.7. The number of hydrogen-bond acceptors (Lipinski definition) is 19. The Morgan fingerprint density at radius 3 is 1.08 bits per heavy atom. The third-order valence-corrected chi connectivity index (χ3v) is 14.7. The lowest BCUT2D eigenvalue weighted by atomic mass is 10.0. The van der Waals surface area contributed by atoms with Gasteiger partial charge in [0.25, 0.3) is 23.6 Å². The fourth-order valence-corrected chi connectivity index (χ4v) is 10.0. The second-order valence-corrected chi connectivity index (χ2v) is 21.4. The van der Waals surface area contributed by atoms with Gasteiger partial charge >= 0.3 is 0 Å². The standard InChI is InChI=1S/C55H85N15O18/c1-34-48(81)67-38(17-5-10-24-59-46(79)32-73)54(87)69-26-12-19-40(69)52(85)62-29-43(76)65-36(16-4-9-23-58-45(78)31-72)50(83)66-37(14-2-7-21-56)51(84)68-39(18-6-11-25-60-47(80)33-74)55(88)70-27-13-20-41(70)53(86)61-28-42(75)64-35(49(82)63-34)15-3-8-22-57-44(77)30-71/h30-41H,2-29,56H2,1H3,(H,57,77)(H,58,78)(H,59,79)(H,60,80)(H,61,86)(H,62,85)(H,63,82)(H,64,75)(H,65,76)(H,66,83)(H,67,81)(H,68,84)/t34-,35-,36-,37-,38-,39-,40-,41-/m0/s1. The monoisotopic (exact) mass is 1240 g/mol. The van der Waals surface area contributed by atoms with Gasteiger partial charge in [-0.05, 0) is 135 Å². The first-order chi connectivity index (χ1) is 42.2. The molecule has 33 heteroatoms. The van der Waals surface area contributed by atoms with E-state index in [0.29, 0.717) is 19.3 Å². The number of aldehydes is 4. The first-order valence-corrected chi connectivity index (χ1v) is 29.8. The van der Waals surface area contributed by atoms with Crippen LogP contribution in [0.5, 0.6) is 0 Å². The van der Waals surface area contributed by atoms with Crippen molar-refractivity contribution in [3.8, 4) is 0 Å². The summed E-state index contributed by atoms with van der Waals surface area (Å²) >= 11 is 0. The number of carbonyl (C=O) groups is 18. The molecule has 0 radical (unpaired) electrons. The topological polar surface area (TPSA) is 484 Å². The van der Waals surface area contributed by atoms with E-state index >= 15 is 0 Å². The van der Waals surface area contributed by atoms with Crippen LogP contribution in [0.2, 0.25) is 0 Å². The molecule has 0 unspecified atom stereocenters. The normalized spacial score (nSPS) is 23.1. The fraction of sp³-hybridized carbons (Fsp3) is 0.673. The van der Waals surface area contributed by atoms with Gasteiger partial charge in [0.15, 0.2) is 0 Å². The highest BCUT2D eigenvalue weighted by atomic mass is 16.2. The van der Waals surface area contributed by atoms with E-state index in [9.17, 15) is 86.3 Å². The van der Waals surface area contributed by atoms with Crippen LogP contribution in [0, 0.1) is 0 Å². The van der Waals surface area contributed by atoms with E-state index in [0.717, 1.165) is 0 Å². The summed E-state index contributed by atoms with van der Waals surface area (Å²) in [6.07, 6.45) is 3.09. The summed E-state index contributed by atoms with van der Waals surface area (Å²) < 4.78 is 0. The van der Waals surface area contributed by atoms with Gasteiger partial charge < -0.3 is 79.3 Å². The number of unbranched alkanes of at least 4 members (excludes halogenated alkanes) is 5. The molecule has 14 N–H and O–H groups in total. The zero-order chi connectivity index (χ0) is 65.0. The van der Waals surface area contributed by atoms with E-state index in [-0.39, 0.29) is 174 Å². The Hall–Kier alpha value is -8.78. The largest absolute Gasteiger partial charge is 0.350 e. The molecular formula is C55H85N15O18. The van der Waals surface area contributed by atoms with Crippen LogP contribution in [0.25, 0.3) is 0 Å². The summed E-state index contributed by atoms with van der Waals surface area (Å²) in [5.74, 6) is -11.8. The molecule has 14 amide bonds. The van der Waals surface area contributed by atoms with Crippen LogP contribution in [0.15, 0.2) is 0 Å². The molecule has 8 atom stereocenters. The van der Waals surface area contributed by atoms with Gasteiger partial charge in [-0.15, -0.1) is 0 Å². The van der Waals surface area contributed by atoms with E-state index in [2.05, 4.69) is 63.8 Å². The van der Waals surface area contributed by atoms with Gasteiger partial charge in [0.1, 0.15) is 48.3 Å². The molecular weight excluding hydrogens is 1160 g/mol. The Labute approximate surface area is 508 Å². The molecule has 0 saturated carbocycles. The van der Waals surface area contributed by atoms with Crippen molar-refractivity contribution < 1.29 is 86.3 Å². The molecule has 3 saturated heterocycles. The quantitative estimate of drug-likeness (QED) is 0.0197. The Morgan fingerprint density at radius 2 is 0.727 bits per heavy atom. The minimum atomic E-state index is -1.39. The molecule has 0 bridgehead atoms. The highest BCUT2D eigenvalue weighted by Crippen LogP contribution is 2.22.